The molecule has 0 saturated heterocycles. The van der Waals surface area contributed by atoms with E-state index in [1.165, 1.54) is 7.11 Å². The standard InChI is InChI=1S/C13H14INO5/c1-20-11(16)7-6-10(13(18)19)15-12(17)8-4-2-3-5-9(8)14/h2-5,10H,6-7H2,1H3,(H,15,17)(H,18,19). The molecular formula is C13H14INO5. The van der Waals surface area contributed by atoms with Crippen molar-refractivity contribution in [3.05, 3.63) is 33.4 Å². The largest absolute Gasteiger partial charge is 0.480 e. The molecule has 0 spiro atoms. The van der Waals surface area contributed by atoms with Gasteiger partial charge in [-0.2, -0.15) is 0 Å². The van der Waals surface area contributed by atoms with Gasteiger partial charge in [0, 0.05) is 9.99 Å². The second-order valence-electron chi connectivity index (χ2n) is 3.96. The van der Waals surface area contributed by atoms with Crippen LogP contribution in [-0.2, 0) is 14.3 Å². The van der Waals surface area contributed by atoms with Gasteiger partial charge in [0.1, 0.15) is 6.04 Å². The number of ether oxygens (including phenoxy) is 1. The normalized spacial score (nSPS) is 11.5. The van der Waals surface area contributed by atoms with Gasteiger partial charge in [-0.05, 0) is 41.1 Å². The molecule has 7 heteroatoms. The van der Waals surface area contributed by atoms with E-state index >= 15 is 0 Å². The van der Waals surface area contributed by atoms with Crippen molar-refractivity contribution in [1.82, 2.24) is 5.32 Å². The van der Waals surface area contributed by atoms with Gasteiger partial charge in [0.15, 0.2) is 0 Å². The first kappa shape index (κ1) is 16.4. The first-order valence-corrected chi connectivity index (χ1v) is 6.88. The number of nitrogens with one attached hydrogen (secondary N) is 1. The van der Waals surface area contributed by atoms with E-state index in [-0.39, 0.29) is 12.8 Å². The van der Waals surface area contributed by atoms with Crippen molar-refractivity contribution in [3.63, 3.8) is 0 Å². The Morgan fingerprint density at radius 3 is 2.55 bits per heavy atom. The van der Waals surface area contributed by atoms with E-state index < -0.39 is 23.9 Å². The summed E-state index contributed by atoms with van der Waals surface area (Å²) in [5, 5.41) is 11.5. The van der Waals surface area contributed by atoms with Crippen LogP contribution in [0.1, 0.15) is 23.2 Å². The van der Waals surface area contributed by atoms with E-state index in [9.17, 15) is 14.4 Å². The zero-order valence-corrected chi connectivity index (χ0v) is 12.9. The Morgan fingerprint density at radius 2 is 2.00 bits per heavy atom. The minimum absolute atomic E-state index is 0.0167. The van der Waals surface area contributed by atoms with E-state index in [1.54, 1.807) is 24.3 Å². The lowest BCUT2D eigenvalue weighted by molar-refractivity contribution is -0.142. The Morgan fingerprint density at radius 1 is 1.35 bits per heavy atom. The highest BCUT2D eigenvalue weighted by atomic mass is 127. The van der Waals surface area contributed by atoms with Crippen LogP contribution in [-0.4, -0.2) is 36.1 Å². The van der Waals surface area contributed by atoms with Crippen LogP contribution in [0, 0.1) is 3.57 Å². The smallest absolute Gasteiger partial charge is 0.326 e. The third kappa shape index (κ3) is 4.80. The summed E-state index contributed by atoms with van der Waals surface area (Å²) >= 11 is 2.00. The number of carboxylic acid groups (broad SMARTS) is 1. The summed E-state index contributed by atoms with van der Waals surface area (Å²) < 4.78 is 5.17. The van der Waals surface area contributed by atoms with Crippen LogP contribution in [0.15, 0.2) is 24.3 Å². The van der Waals surface area contributed by atoms with Gasteiger partial charge in [0.25, 0.3) is 5.91 Å². The molecule has 0 aromatic heterocycles. The van der Waals surface area contributed by atoms with Gasteiger partial charge in [-0.15, -0.1) is 0 Å². The van der Waals surface area contributed by atoms with Gasteiger partial charge in [-0.3, -0.25) is 9.59 Å². The third-order valence-electron chi connectivity index (χ3n) is 2.59. The molecule has 1 unspecified atom stereocenters. The van der Waals surface area contributed by atoms with Crippen molar-refractivity contribution in [2.75, 3.05) is 7.11 Å². The first-order valence-electron chi connectivity index (χ1n) is 5.80. The molecule has 0 radical (unpaired) electrons. The maximum absolute atomic E-state index is 12.0. The predicted octanol–water partition coefficient (Wildman–Crippen LogP) is 1.43. The molecule has 108 valence electrons. The minimum Gasteiger partial charge on any atom is -0.480 e. The highest BCUT2D eigenvalue weighted by Crippen LogP contribution is 2.12. The molecule has 0 saturated carbocycles. The molecule has 1 amide bonds. The van der Waals surface area contributed by atoms with Gasteiger partial charge in [0.2, 0.25) is 0 Å². The molecule has 0 bridgehead atoms. The zero-order chi connectivity index (χ0) is 15.1. The zero-order valence-electron chi connectivity index (χ0n) is 10.8. The van der Waals surface area contributed by atoms with E-state index in [2.05, 4.69) is 10.1 Å². The summed E-state index contributed by atoms with van der Waals surface area (Å²) in [5.74, 6) is -2.18. The van der Waals surface area contributed by atoms with Gasteiger partial charge in [0.05, 0.1) is 12.7 Å². The summed E-state index contributed by atoms with van der Waals surface area (Å²) in [7, 11) is 1.23. The lowest BCUT2D eigenvalue weighted by atomic mass is 10.1. The number of carbonyl (C=O) groups excluding carboxylic acids is 2. The molecule has 0 heterocycles. The summed E-state index contributed by atoms with van der Waals surface area (Å²) in [4.78, 5) is 34.1. The number of carboxylic acids is 1. The van der Waals surface area contributed by atoms with E-state index in [4.69, 9.17) is 5.11 Å². The van der Waals surface area contributed by atoms with Crippen LogP contribution in [0.3, 0.4) is 0 Å². The van der Waals surface area contributed by atoms with Gasteiger partial charge >= 0.3 is 11.9 Å². The summed E-state index contributed by atoms with van der Waals surface area (Å²) in [6, 6.07) is 5.71. The number of methoxy groups -OCH3 is 1. The van der Waals surface area contributed by atoms with Crippen LogP contribution >= 0.6 is 22.6 Å². The maximum atomic E-state index is 12.0. The van der Waals surface area contributed by atoms with Crippen LogP contribution in [0.2, 0.25) is 0 Å². The Labute approximate surface area is 129 Å². The highest BCUT2D eigenvalue weighted by Gasteiger charge is 2.22. The fraction of sp³-hybridized carbons (Fsp3) is 0.308. The molecule has 0 fully saturated rings. The van der Waals surface area contributed by atoms with Crippen molar-refractivity contribution in [3.8, 4) is 0 Å². The molecule has 20 heavy (non-hydrogen) atoms. The third-order valence-corrected chi connectivity index (χ3v) is 3.53. The van der Waals surface area contributed by atoms with Crippen LogP contribution in [0.4, 0.5) is 0 Å². The van der Waals surface area contributed by atoms with Crippen molar-refractivity contribution < 1.29 is 24.2 Å². The van der Waals surface area contributed by atoms with E-state index in [0.29, 0.717) is 5.56 Å². The Kier molecular flexibility index (Phi) is 6.43. The van der Waals surface area contributed by atoms with Crippen molar-refractivity contribution >= 4 is 40.4 Å². The monoisotopic (exact) mass is 391 g/mol. The average Bonchev–Trinajstić information content (AvgIpc) is 2.42. The lowest BCUT2D eigenvalue weighted by Crippen LogP contribution is -2.41. The van der Waals surface area contributed by atoms with E-state index in [0.717, 1.165) is 3.57 Å². The summed E-state index contributed by atoms with van der Waals surface area (Å²) in [6.07, 6.45) is -0.0865. The molecule has 0 aliphatic carbocycles. The molecule has 0 aliphatic rings. The summed E-state index contributed by atoms with van der Waals surface area (Å²) in [6.45, 7) is 0. The van der Waals surface area contributed by atoms with Gasteiger partial charge < -0.3 is 15.2 Å². The highest BCUT2D eigenvalue weighted by molar-refractivity contribution is 14.1. The number of halogens is 1. The van der Waals surface area contributed by atoms with Crippen LogP contribution in [0.25, 0.3) is 0 Å². The SMILES string of the molecule is COC(=O)CCC(NC(=O)c1ccccc1I)C(=O)O. The Hall–Kier alpha value is -1.64. The fourth-order valence-corrected chi connectivity index (χ4v) is 2.14. The number of rotatable bonds is 6. The molecular weight excluding hydrogens is 377 g/mol. The van der Waals surface area contributed by atoms with Gasteiger partial charge in [-0.25, -0.2) is 4.79 Å². The predicted molar refractivity (Wildman–Crippen MR) is 79.3 cm³/mol. The second kappa shape index (κ2) is 7.83. The second-order valence-corrected chi connectivity index (χ2v) is 5.12. The van der Waals surface area contributed by atoms with Crippen LogP contribution < -0.4 is 5.32 Å². The van der Waals surface area contributed by atoms with Crippen molar-refractivity contribution in [1.29, 1.82) is 0 Å². The Bertz CT molecular complexity index is 517. The topological polar surface area (TPSA) is 92.7 Å². The molecule has 1 aromatic carbocycles. The number of aliphatic carboxylic acids is 1. The molecule has 1 rings (SSSR count). The molecule has 2 N–H and O–H groups in total. The number of amides is 1. The van der Waals surface area contributed by atoms with Gasteiger partial charge in [-0.1, -0.05) is 12.1 Å². The quantitative estimate of drug-likeness (QED) is 0.566. The first-order chi connectivity index (χ1) is 9.45. The molecule has 1 atom stereocenters. The fourth-order valence-electron chi connectivity index (χ4n) is 1.50. The number of carbonyl (C=O) groups is 3. The Balaban J connectivity index is 2.71. The van der Waals surface area contributed by atoms with Crippen molar-refractivity contribution in [2.24, 2.45) is 0 Å². The maximum Gasteiger partial charge on any atom is 0.326 e. The number of hydrogen-bond acceptors (Lipinski definition) is 4. The molecule has 6 nitrogen and oxygen atoms in total. The van der Waals surface area contributed by atoms with Crippen molar-refractivity contribution in [2.45, 2.75) is 18.9 Å². The molecule has 1 aromatic rings. The lowest BCUT2D eigenvalue weighted by Gasteiger charge is -2.14. The van der Waals surface area contributed by atoms with Crippen LogP contribution in [0.5, 0.6) is 0 Å². The minimum atomic E-state index is -1.19. The van der Waals surface area contributed by atoms with E-state index in [1.807, 2.05) is 22.6 Å². The summed E-state index contributed by atoms with van der Waals surface area (Å²) in [5.41, 5.74) is 0.400. The average molecular weight is 391 g/mol. The number of benzene rings is 1. The number of hydrogen-bond donors (Lipinski definition) is 2. The number of esters is 1. The molecule has 0 aliphatic heterocycles.